The number of ether oxygens (including phenoxy) is 2. The van der Waals surface area contributed by atoms with E-state index in [0.717, 1.165) is 46.2 Å². The smallest absolute Gasteiger partial charge is 0.290 e. The molecule has 0 saturated carbocycles. The van der Waals surface area contributed by atoms with Crippen molar-refractivity contribution >= 4 is 52.5 Å². The number of aryl methyl sites for hydroxylation is 1. The number of amides is 5. The number of benzene rings is 2. The van der Waals surface area contributed by atoms with E-state index in [2.05, 4.69) is 15.6 Å². The number of piperidine rings is 1. The number of rotatable bonds is 15. The number of fused-ring (bicyclic) bond motifs is 2. The van der Waals surface area contributed by atoms with Crippen molar-refractivity contribution in [1.82, 2.24) is 29.6 Å². The molecule has 0 spiro atoms. The normalized spacial score (nSPS) is 14.8. The molecular formula is C41H47N7O10. The van der Waals surface area contributed by atoms with Crippen molar-refractivity contribution in [2.45, 2.75) is 44.7 Å². The van der Waals surface area contributed by atoms with Crippen LogP contribution < -0.4 is 25.7 Å². The summed E-state index contributed by atoms with van der Waals surface area (Å²) in [5, 5.41) is 13.6. The molecule has 1 atom stereocenters. The predicted octanol–water partition coefficient (Wildman–Crippen LogP) is 2.89. The Morgan fingerprint density at radius 1 is 1.00 bits per heavy atom. The first kappa shape index (κ1) is 42.5. The van der Waals surface area contributed by atoms with Crippen molar-refractivity contribution in [2.24, 2.45) is 7.05 Å². The summed E-state index contributed by atoms with van der Waals surface area (Å²) in [7, 11) is 8.52. The molecule has 2 aromatic carbocycles. The summed E-state index contributed by atoms with van der Waals surface area (Å²) in [5.74, 6) is -1.01. The molecule has 3 N–H and O–H groups in total. The highest BCUT2D eigenvalue weighted by atomic mass is 16.5. The Morgan fingerprint density at radius 2 is 1.71 bits per heavy atom. The second-order valence-corrected chi connectivity index (χ2v) is 14.0. The number of nitrogens with zero attached hydrogens (tertiary/aromatic N) is 5. The van der Waals surface area contributed by atoms with Gasteiger partial charge in [0.1, 0.15) is 17.5 Å². The van der Waals surface area contributed by atoms with Gasteiger partial charge >= 0.3 is 0 Å². The lowest BCUT2D eigenvalue weighted by Gasteiger charge is -2.27. The number of nitrogens with one attached hydrogen (secondary N) is 2. The van der Waals surface area contributed by atoms with Gasteiger partial charge in [-0.3, -0.25) is 53.7 Å². The summed E-state index contributed by atoms with van der Waals surface area (Å²) in [4.78, 5) is 93.4. The van der Waals surface area contributed by atoms with Gasteiger partial charge in [-0.2, -0.15) is 0 Å². The molecule has 2 aromatic heterocycles. The number of unbranched alkanes of at least 4 members (excludes halogenated alkanes) is 2. The van der Waals surface area contributed by atoms with Crippen molar-refractivity contribution in [3.05, 3.63) is 82.0 Å². The van der Waals surface area contributed by atoms with Gasteiger partial charge in [0.2, 0.25) is 17.7 Å². The molecule has 17 heteroatoms. The molecule has 0 bridgehead atoms. The number of carboxylic acid groups (broad SMARTS) is 1. The number of likely N-dealkylation sites (N-methyl/N-ethyl adjacent to an activating group) is 2. The fourth-order valence-electron chi connectivity index (χ4n) is 7.18. The van der Waals surface area contributed by atoms with Crippen LogP contribution in [0.2, 0.25) is 0 Å². The van der Waals surface area contributed by atoms with E-state index < -0.39 is 29.7 Å². The molecular weight excluding hydrogens is 750 g/mol. The molecule has 2 aliphatic heterocycles. The highest BCUT2D eigenvalue weighted by Gasteiger charge is 2.45. The Balaban J connectivity index is 0.00000207. The third-order valence-electron chi connectivity index (χ3n) is 10.1. The first-order valence-corrected chi connectivity index (χ1v) is 18.6. The van der Waals surface area contributed by atoms with E-state index >= 15 is 0 Å². The Kier molecular flexibility index (Phi) is 13.9. The molecule has 4 aromatic rings. The molecule has 1 saturated heterocycles. The maximum atomic E-state index is 13.3. The Morgan fingerprint density at radius 3 is 2.38 bits per heavy atom. The number of carbonyl (C=O) groups excluding carboxylic acids is 5. The van der Waals surface area contributed by atoms with Gasteiger partial charge in [0.15, 0.2) is 0 Å². The second kappa shape index (κ2) is 19.0. The Labute approximate surface area is 334 Å². The molecule has 6 rings (SSSR count). The van der Waals surface area contributed by atoms with E-state index in [1.54, 1.807) is 70.0 Å². The lowest BCUT2D eigenvalue weighted by atomic mass is 9.99. The van der Waals surface area contributed by atoms with Gasteiger partial charge in [-0.05, 0) is 74.0 Å². The summed E-state index contributed by atoms with van der Waals surface area (Å²) in [5.41, 5.74) is 3.27. The topological polar surface area (TPSA) is 210 Å². The Bertz CT molecular complexity index is 2270. The molecule has 5 amide bonds. The van der Waals surface area contributed by atoms with E-state index in [1.165, 1.54) is 4.57 Å². The van der Waals surface area contributed by atoms with Crippen molar-refractivity contribution in [2.75, 3.05) is 53.3 Å². The first-order valence-electron chi connectivity index (χ1n) is 18.6. The first-order chi connectivity index (χ1) is 27.8. The Hall–Kier alpha value is -6.62. The molecule has 17 nitrogen and oxygen atoms in total. The minimum absolute atomic E-state index is 0.0379. The fraction of sp³-hybridized carbons (Fsp3) is 0.366. The zero-order chi connectivity index (χ0) is 42.1. The van der Waals surface area contributed by atoms with E-state index in [1.807, 2.05) is 30.1 Å². The minimum atomic E-state index is -1.02. The van der Waals surface area contributed by atoms with Gasteiger partial charge in [-0.15, -0.1) is 0 Å². The monoisotopic (exact) mass is 797 g/mol. The number of carbonyl (C=O) groups is 6. The molecule has 2 aliphatic rings. The average Bonchev–Trinajstić information content (AvgIpc) is 3.46. The highest BCUT2D eigenvalue weighted by Crippen LogP contribution is 2.38. The lowest BCUT2D eigenvalue weighted by molar-refractivity contribution is -0.136. The lowest BCUT2D eigenvalue weighted by Crippen LogP contribution is -2.54. The van der Waals surface area contributed by atoms with Gasteiger partial charge in [0.05, 0.1) is 42.8 Å². The molecule has 0 radical (unpaired) electrons. The third-order valence-corrected chi connectivity index (χ3v) is 10.1. The van der Waals surface area contributed by atoms with Gasteiger partial charge < -0.3 is 29.4 Å². The van der Waals surface area contributed by atoms with Crippen molar-refractivity contribution in [3.8, 4) is 22.6 Å². The number of pyridine rings is 2. The second-order valence-electron chi connectivity index (χ2n) is 14.0. The van der Waals surface area contributed by atoms with Crippen LogP contribution in [0.15, 0.2) is 59.8 Å². The summed E-state index contributed by atoms with van der Waals surface area (Å²) in [6.45, 7) is 1.41. The van der Waals surface area contributed by atoms with Crippen LogP contribution >= 0.6 is 0 Å². The number of hydrogen-bond acceptors (Lipinski definition) is 12. The van der Waals surface area contributed by atoms with Crippen LogP contribution in [0.3, 0.4) is 0 Å². The van der Waals surface area contributed by atoms with Crippen molar-refractivity contribution < 1.29 is 43.3 Å². The molecule has 4 heterocycles. The number of imide groups is 2. The maximum Gasteiger partial charge on any atom is 0.290 e. The highest BCUT2D eigenvalue weighted by molar-refractivity contribution is 6.25. The van der Waals surface area contributed by atoms with E-state index in [-0.39, 0.29) is 48.5 Å². The van der Waals surface area contributed by atoms with Gasteiger partial charge in [-0.1, -0.05) is 6.07 Å². The van der Waals surface area contributed by atoms with Gasteiger partial charge in [-0.25, -0.2) is 0 Å². The van der Waals surface area contributed by atoms with Crippen LogP contribution in [0.1, 0.15) is 58.4 Å². The van der Waals surface area contributed by atoms with Crippen LogP contribution in [0, 0.1) is 0 Å². The molecule has 306 valence electrons. The fourth-order valence-corrected chi connectivity index (χ4v) is 7.18. The molecule has 1 unspecified atom stereocenters. The number of aromatic nitrogens is 2. The quantitative estimate of drug-likeness (QED) is 0.0899. The third kappa shape index (κ3) is 9.15. The summed E-state index contributed by atoms with van der Waals surface area (Å²) >= 11 is 0. The standard InChI is InChI=1S/C40H45N7O8.CH2O2/c1-44(21-29-32(54-4)18-24(19-33(29)55-5)28-22-46(3)38(51)27-20-41-16-14-25(27)28)23-35(49)45(2)17-8-6-7-15-42-30-11-9-10-26-36(30)40(53)47(39(26)52)31-12-13-34(48)43-37(31)50;2-1-3/h9-11,14,16,18-20,22,31,42H,6-8,12-13,15,17,21,23H2,1-5H3,(H,43,48,50);1H,(H,2,3). The van der Waals surface area contributed by atoms with E-state index in [0.29, 0.717) is 42.2 Å². The largest absolute Gasteiger partial charge is 0.496 e. The van der Waals surface area contributed by atoms with Gasteiger partial charge in [0, 0.05) is 70.0 Å². The van der Waals surface area contributed by atoms with Crippen LogP contribution in [-0.4, -0.2) is 119 Å². The summed E-state index contributed by atoms with van der Waals surface area (Å²) in [6, 6.07) is 9.60. The number of anilines is 1. The minimum Gasteiger partial charge on any atom is -0.496 e. The van der Waals surface area contributed by atoms with Crippen LogP contribution in [0.4, 0.5) is 5.69 Å². The van der Waals surface area contributed by atoms with Crippen LogP contribution in [0.5, 0.6) is 11.5 Å². The molecule has 58 heavy (non-hydrogen) atoms. The van der Waals surface area contributed by atoms with Crippen molar-refractivity contribution in [3.63, 3.8) is 0 Å². The zero-order valence-corrected chi connectivity index (χ0v) is 33.1. The number of methoxy groups -OCH3 is 2. The summed E-state index contributed by atoms with van der Waals surface area (Å²) < 4.78 is 13.1. The molecule has 1 fully saturated rings. The SMILES string of the molecule is COc1cc(-c2cn(C)c(=O)c3cnccc23)cc(OC)c1CN(C)CC(=O)N(C)CCCCCNc1cccc2c1C(=O)N(C1CCC(=O)NC1=O)C2=O.O=CO. The van der Waals surface area contributed by atoms with E-state index in [9.17, 15) is 28.8 Å². The maximum absolute atomic E-state index is 13.3. The van der Waals surface area contributed by atoms with Crippen LogP contribution in [-0.2, 0) is 32.8 Å². The number of hydrogen-bond donors (Lipinski definition) is 3. The summed E-state index contributed by atoms with van der Waals surface area (Å²) in [6.07, 6.45) is 7.50. The van der Waals surface area contributed by atoms with Crippen molar-refractivity contribution in [1.29, 1.82) is 0 Å². The predicted molar refractivity (Wildman–Crippen MR) is 214 cm³/mol. The van der Waals surface area contributed by atoms with Gasteiger partial charge in [0.25, 0.3) is 23.8 Å². The average molecular weight is 798 g/mol. The van der Waals surface area contributed by atoms with E-state index in [4.69, 9.17) is 19.4 Å². The van der Waals surface area contributed by atoms with Crippen LogP contribution in [0.25, 0.3) is 21.9 Å². The zero-order valence-electron chi connectivity index (χ0n) is 33.1. The molecule has 0 aliphatic carbocycles.